The SMILES string of the molecule is COc1ccc2ncc(Cl)c([C@@H](O)CCC3(C(=O)O)CCN(CCCSc4ccc(C)cc4)CC3)c2c1. The number of fused-ring (bicyclic) bond motifs is 1. The number of carbonyl (C=O) groups is 1. The molecule has 4 rings (SSSR count). The number of pyridine rings is 1. The fourth-order valence-corrected chi connectivity index (χ4v) is 6.19. The van der Waals surface area contributed by atoms with Gasteiger partial charge in [0.05, 0.1) is 29.2 Å². The molecule has 2 aromatic carbocycles. The summed E-state index contributed by atoms with van der Waals surface area (Å²) in [6.07, 6.45) is 3.59. The van der Waals surface area contributed by atoms with Crippen molar-refractivity contribution in [1.82, 2.24) is 9.88 Å². The van der Waals surface area contributed by atoms with Crippen LogP contribution in [-0.2, 0) is 4.79 Å². The van der Waals surface area contributed by atoms with Crippen LogP contribution in [0.5, 0.6) is 5.75 Å². The van der Waals surface area contributed by atoms with Crippen LogP contribution >= 0.6 is 23.4 Å². The molecule has 0 saturated carbocycles. The summed E-state index contributed by atoms with van der Waals surface area (Å²) >= 11 is 8.31. The Morgan fingerprint density at radius 1 is 1.22 bits per heavy atom. The maximum Gasteiger partial charge on any atom is 0.309 e. The van der Waals surface area contributed by atoms with Gasteiger partial charge in [0, 0.05) is 22.0 Å². The molecule has 3 aromatic rings. The first-order valence-electron chi connectivity index (χ1n) is 12.8. The maximum absolute atomic E-state index is 12.4. The van der Waals surface area contributed by atoms with Gasteiger partial charge in [0.25, 0.3) is 0 Å². The number of likely N-dealkylation sites (tertiary alicyclic amines) is 1. The van der Waals surface area contributed by atoms with E-state index < -0.39 is 17.5 Å². The van der Waals surface area contributed by atoms with E-state index in [1.165, 1.54) is 16.7 Å². The number of halogens is 1. The normalized spacial score (nSPS) is 16.5. The first kappa shape index (κ1) is 27.7. The monoisotopic (exact) mass is 542 g/mol. The fraction of sp³-hybridized carbons (Fsp3) is 0.448. The van der Waals surface area contributed by atoms with E-state index in [1.807, 2.05) is 30.0 Å². The van der Waals surface area contributed by atoms with Gasteiger partial charge in [-0.1, -0.05) is 29.3 Å². The predicted molar refractivity (Wildman–Crippen MR) is 150 cm³/mol. The lowest BCUT2D eigenvalue weighted by molar-refractivity contribution is -0.153. The van der Waals surface area contributed by atoms with E-state index in [4.69, 9.17) is 16.3 Å². The van der Waals surface area contributed by atoms with Gasteiger partial charge in [-0.3, -0.25) is 9.78 Å². The number of rotatable bonds is 11. The molecule has 0 aliphatic carbocycles. The summed E-state index contributed by atoms with van der Waals surface area (Å²) < 4.78 is 5.34. The maximum atomic E-state index is 12.4. The highest BCUT2D eigenvalue weighted by Gasteiger charge is 2.41. The molecule has 1 aromatic heterocycles. The van der Waals surface area contributed by atoms with Crippen molar-refractivity contribution in [3.8, 4) is 5.75 Å². The van der Waals surface area contributed by atoms with Crippen molar-refractivity contribution < 1.29 is 19.7 Å². The smallest absolute Gasteiger partial charge is 0.309 e. The number of ether oxygens (including phenoxy) is 1. The highest BCUT2D eigenvalue weighted by Crippen LogP contribution is 2.41. The van der Waals surface area contributed by atoms with Gasteiger partial charge < -0.3 is 19.8 Å². The second-order valence-electron chi connectivity index (χ2n) is 9.90. The quantitative estimate of drug-likeness (QED) is 0.215. The van der Waals surface area contributed by atoms with Crippen LogP contribution in [0.2, 0.25) is 5.02 Å². The molecule has 6 nitrogen and oxygen atoms in total. The Bertz CT molecular complexity index is 1210. The number of thioether (sulfide) groups is 1. The van der Waals surface area contributed by atoms with Crippen molar-refractivity contribution >= 4 is 40.2 Å². The Balaban J connectivity index is 1.32. The number of aryl methyl sites for hydroxylation is 1. The number of carboxylic acid groups (broad SMARTS) is 1. The van der Waals surface area contributed by atoms with Crippen molar-refractivity contribution in [2.24, 2.45) is 5.41 Å². The van der Waals surface area contributed by atoms with E-state index >= 15 is 0 Å². The Morgan fingerprint density at radius 3 is 2.62 bits per heavy atom. The minimum Gasteiger partial charge on any atom is -0.497 e. The van der Waals surface area contributed by atoms with Crippen LogP contribution < -0.4 is 4.74 Å². The highest BCUT2D eigenvalue weighted by molar-refractivity contribution is 7.99. The summed E-state index contributed by atoms with van der Waals surface area (Å²) in [7, 11) is 1.58. The topological polar surface area (TPSA) is 82.9 Å². The Hall–Kier alpha value is -2.32. The molecule has 0 radical (unpaired) electrons. The van der Waals surface area contributed by atoms with Crippen molar-refractivity contribution in [2.75, 3.05) is 32.5 Å². The van der Waals surface area contributed by atoms with Gasteiger partial charge in [0.1, 0.15) is 5.75 Å². The number of hydrogen-bond acceptors (Lipinski definition) is 6. The lowest BCUT2D eigenvalue weighted by Crippen LogP contribution is -2.44. The minimum absolute atomic E-state index is 0.315. The van der Waals surface area contributed by atoms with Crippen LogP contribution in [0.25, 0.3) is 10.9 Å². The van der Waals surface area contributed by atoms with Gasteiger partial charge in [-0.25, -0.2) is 0 Å². The third-order valence-electron chi connectivity index (χ3n) is 7.47. The minimum atomic E-state index is -0.891. The van der Waals surface area contributed by atoms with Crippen molar-refractivity contribution in [3.05, 3.63) is 64.8 Å². The lowest BCUT2D eigenvalue weighted by atomic mass is 9.74. The third-order valence-corrected chi connectivity index (χ3v) is 8.87. The summed E-state index contributed by atoms with van der Waals surface area (Å²) in [6.45, 7) is 4.58. The molecule has 1 saturated heterocycles. The average Bonchev–Trinajstić information content (AvgIpc) is 2.91. The van der Waals surface area contributed by atoms with E-state index in [0.29, 0.717) is 47.5 Å². The number of hydrogen-bond donors (Lipinski definition) is 2. The van der Waals surface area contributed by atoms with Gasteiger partial charge >= 0.3 is 5.97 Å². The molecule has 2 heterocycles. The van der Waals surface area contributed by atoms with E-state index in [9.17, 15) is 15.0 Å². The second-order valence-corrected chi connectivity index (χ2v) is 11.5. The first-order valence-corrected chi connectivity index (χ1v) is 14.1. The molecule has 1 aliphatic rings. The Labute approximate surface area is 228 Å². The molecule has 198 valence electrons. The molecular formula is C29H35ClN2O4S. The lowest BCUT2D eigenvalue weighted by Gasteiger charge is -2.39. The fourth-order valence-electron chi connectivity index (χ4n) is 5.08. The molecule has 0 spiro atoms. The summed E-state index contributed by atoms with van der Waals surface area (Å²) in [5.74, 6) is 0.916. The van der Waals surface area contributed by atoms with Crippen molar-refractivity contribution in [2.45, 2.75) is 50.0 Å². The predicted octanol–water partition coefficient (Wildman–Crippen LogP) is 6.37. The van der Waals surface area contributed by atoms with Crippen LogP contribution in [0.3, 0.4) is 0 Å². The van der Waals surface area contributed by atoms with Crippen LogP contribution in [0.4, 0.5) is 0 Å². The standard InChI is InChI=1S/C29H35ClN2O4S/c1-20-4-7-22(8-5-20)37-17-3-14-32-15-12-29(13-16-32,28(34)35)11-10-26(33)27-23-18-21(36-2)6-9-25(23)31-19-24(27)30/h4-9,18-19,26,33H,3,10-17H2,1-2H3,(H,34,35)/t26-/m0/s1. The van der Waals surface area contributed by atoms with Gasteiger partial charge in [-0.2, -0.15) is 0 Å². The molecule has 8 heteroatoms. The number of aliphatic carboxylic acids is 1. The Kier molecular flexibility index (Phi) is 9.35. The third kappa shape index (κ3) is 6.77. The number of benzene rings is 2. The molecule has 1 atom stereocenters. The number of carboxylic acids is 1. The van der Waals surface area contributed by atoms with Crippen LogP contribution in [0, 0.1) is 12.3 Å². The number of aliphatic hydroxyl groups excluding tert-OH is 1. The molecule has 37 heavy (non-hydrogen) atoms. The van der Waals surface area contributed by atoms with Crippen LogP contribution in [0.1, 0.15) is 49.3 Å². The molecule has 2 N–H and O–H groups in total. The molecule has 1 fully saturated rings. The number of aromatic nitrogens is 1. The van der Waals surface area contributed by atoms with Crippen LogP contribution in [-0.4, -0.2) is 58.6 Å². The second kappa shape index (κ2) is 12.5. The zero-order valence-electron chi connectivity index (χ0n) is 21.5. The van der Waals surface area contributed by atoms with Crippen molar-refractivity contribution in [3.63, 3.8) is 0 Å². The zero-order valence-corrected chi connectivity index (χ0v) is 23.0. The highest BCUT2D eigenvalue weighted by atomic mass is 35.5. The average molecular weight is 543 g/mol. The van der Waals surface area contributed by atoms with Gasteiger partial charge in [-0.05, 0) is 94.7 Å². The van der Waals surface area contributed by atoms with Crippen LogP contribution in [0.15, 0.2) is 53.6 Å². The molecule has 0 bridgehead atoms. The van der Waals surface area contributed by atoms with Gasteiger partial charge in [0.2, 0.25) is 0 Å². The first-order chi connectivity index (χ1) is 17.8. The molecule has 0 unspecified atom stereocenters. The summed E-state index contributed by atoms with van der Waals surface area (Å²) in [5.41, 5.74) is 1.72. The molecular weight excluding hydrogens is 508 g/mol. The van der Waals surface area contributed by atoms with Gasteiger partial charge in [-0.15, -0.1) is 11.8 Å². The van der Waals surface area contributed by atoms with Gasteiger partial charge in [0.15, 0.2) is 0 Å². The molecule has 0 amide bonds. The number of aliphatic hydroxyl groups is 1. The molecule has 1 aliphatic heterocycles. The van der Waals surface area contributed by atoms with E-state index in [0.717, 1.165) is 37.2 Å². The largest absolute Gasteiger partial charge is 0.497 e. The van der Waals surface area contributed by atoms with E-state index in [-0.39, 0.29) is 0 Å². The van der Waals surface area contributed by atoms with E-state index in [2.05, 4.69) is 41.1 Å². The van der Waals surface area contributed by atoms with E-state index in [1.54, 1.807) is 7.11 Å². The van der Waals surface area contributed by atoms with Crippen molar-refractivity contribution in [1.29, 1.82) is 0 Å². The Morgan fingerprint density at radius 2 is 1.95 bits per heavy atom. The number of methoxy groups -OCH3 is 1. The number of piperidine rings is 1. The summed E-state index contributed by atoms with van der Waals surface area (Å²) in [4.78, 5) is 20.4. The summed E-state index contributed by atoms with van der Waals surface area (Å²) in [5, 5.41) is 22.4. The zero-order chi connectivity index (χ0) is 26.4. The summed E-state index contributed by atoms with van der Waals surface area (Å²) in [6, 6.07) is 14.1. The number of nitrogens with zero attached hydrogens (tertiary/aromatic N) is 2.